The van der Waals surface area contributed by atoms with Gasteiger partial charge in [0.25, 0.3) is 0 Å². The van der Waals surface area contributed by atoms with Crippen molar-refractivity contribution in [3.63, 3.8) is 0 Å². The van der Waals surface area contributed by atoms with Gasteiger partial charge >= 0.3 is 0 Å². The van der Waals surface area contributed by atoms with Gasteiger partial charge in [-0.1, -0.05) is 0 Å². The van der Waals surface area contributed by atoms with E-state index in [0.29, 0.717) is 18.6 Å². The molecule has 2 N–H and O–H groups in total. The van der Waals surface area contributed by atoms with Gasteiger partial charge in [-0.05, 0) is 38.4 Å². The molecule has 1 aromatic rings. The second kappa shape index (κ2) is 5.93. The normalized spacial score (nSPS) is 25.2. The first-order chi connectivity index (χ1) is 9.72. The van der Waals surface area contributed by atoms with Gasteiger partial charge in [-0.3, -0.25) is 14.4 Å². The van der Waals surface area contributed by atoms with E-state index in [1.165, 1.54) is 0 Å². The quantitative estimate of drug-likeness (QED) is 0.838. The minimum Gasteiger partial charge on any atom is -0.339 e. The predicted octanol–water partition coefficient (Wildman–Crippen LogP) is -0.0929. The molecular weight excluding hydrogens is 254 g/mol. The van der Waals surface area contributed by atoms with E-state index < -0.39 is 0 Å². The fourth-order valence-electron chi connectivity index (χ4n) is 3.18. The Morgan fingerprint density at radius 3 is 2.75 bits per heavy atom. The molecule has 0 aromatic carbocycles. The average Bonchev–Trinajstić information content (AvgIpc) is 3.10. The Bertz CT molecular complexity index is 438. The maximum absolute atomic E-state index is 12.2. The molecule has 0 saturated carbocycles. The van der Waals surface area contributed by atoms with Crippen molar-refractivity contribution in [1.82, 2.24) is 19.6 Å². The zero-order chi connectivity index (χ0) is 13.9. The maximum atomic E-state index is 12.2. The van der Waals surface area contributed by atoms with Gasteiger partial charge in [0.15, 0.2) is 0 Å². The van der Waals surface area contributed by atoms with Crippen molar-refractivity contribution in [2.75, 3.05) is 26.2 Å². The number of carbonyl (C=O) groups excluding carboxylic acids is 1. The molecule has 0 bridgehead atoms. The van der Waals surface area contributed by atoms with Crippen molar-refractivity contribution < 1.29 is 4.79 Å². The number of rotatable bonds is 3. The summed E-state index contributed by atoms with van der Waals surface area (Å²) in [5, 5.41) is 4.09. The molecule has 0 aliphatic carbocycles. The second-order valence-corrected chi connectivity index (χ2v) is 5.86. The third kappa shape index (κ3) is 3.02. The molecule has 2 fully saturated rings. The Hall–Kier alpha value is -1.40. The van der Waals surface area contributed by atoms with E-state index in [1.807, 2.05) is 17.2 Å². The largest absolute Gasteiger partial charge is 0.339 e. The molecule has 0 spiro atoms. The SMILES string of the molecule is NC1CCN(C2CCN(C(=O)Cn3cccn3)C2)CC1. The van der Waals surface area contributed by atoms with Crippen molar-refractivity contribution in [2.24, 2.45) is 5.73 Å². The van der Waals surface area contributed by atoms with E-state index in [-0.39, 0.29) is 5.91 Å². The highest BCUT2D eigenvalue weighted by molar-refractivity contribution is 5.76. The Morgan fingerprint density at radius 2 is 2.05 bits per heavy atom. The van der Waals surface area contributed by atoms with Crippen LogP contribution in [0.5, 0.6) is 0 Å². The number of nitrogens with zero attached hydrogens (tertiary/aromatic N) is 4. The summed E-state index contributed by atoms with van der Waals surface area (Å²) in [4.78, 5) is 16.7. The van der Waals surface area contributed by atoms with Crippen LogP contribution >= 0.6 is 0 Å². The number of hydrogen-bond acceptors (Lipinski definition) is 4. The molecule has 0 radical (unpaired) electrons. The second-order valence-electron chi connectivity index (χ2n) is 5.86. The van der Waals surface area contributed by atoms with Crippen LogP contribution in [0.15, 0.2) is 18.5 Å². The van der Waals surface area contributed by atoms with Crippen LogP contribution in [0, 0.1) is 0 Å². The van der Waals surface area contributed by atoms with Crippen LogP contribution in [0.25, 0.3) is 0 Å². The van der Waals surface area contributed by atoms with Crippen LogP contribution in [0.2, 0.25) is 0 Å². The topological polar surface area (TPSA) is 67.4 Å². The lowest BCUT2D eigenvalue weighted by molar-refractivity contribution is -0.131. The number of hydrogen-bond donors (Lipinski definition) is 1. The van der Waals surface area contributed by atoms with E-state index >= 15 is 0 Å². The average molecular weight is 277 g/mol. The molecular formula is C14H23N5O. The zero-order valence-electron chi connectivity index (χ0n) is 11.8. The van der Waals surface area contributed by atoms with Crippen molar-refractivity contribution in [2.45, 2.75) is 37.9 Å². The molecule has 6 heteroatoms. The van der Waals surface area contributed by atoms with Crippen molar-refractivity contribution in [3.8, 4) is 0 Å². The minimum atomic E-state index is 0.171. The van der Waals surface area contributed by atoms with Crippen molar-refractivity contribution >= 4 is 5.91 Å². The van der Waals surface area contributed by atoms with Crippen LogP contribution in [0.3, 0.4) is 0 Å². The number of likely N-dealkylation sites (tertiary alicyclic amines) is 2. The van der Waals surface area contributed by atoms with Gasteiger partial charge in [-0.25, -0.2) is 0 Å². The summed E-state index contributed by atoms with van der Waals surface area (Å²) in [6.45, 7) is 4.23. The molecule has 20 heavy (non-hydrogen) atoms. The lowest BCUT2D eigenvalue weighted by Gasteiger charge is -2.34. The Morgan fingerprint density at radius 1 is 1.25 bits per heavy atom. The van der Waals surface area contributed by atoms with Crippen molar-refractivity contribution in [1.29, 1.82) is 0 Å². The Labute approximate surface area is 119 Å². The summed E-state index contributed by atoms with van der Waals surface area (Å²) in [6.07, 6.45) is 6.78. The highest BCUT2D eigenvalue weighted by Crippen LogP contribution is 2.20. The Kier molecular flexibility index (Phi) is 4.03. The third-order valence-electron chi connectivity index (χ3n) is 4.46. The molecule has 6 nitrogen and oxygen atoms in total. The number of nitrogens with two attached hydrogens (primary N) is 1. The first-order valence-corrected chi connectivity index (χ1v) is 7.47. The zero-order valence-corrected chi connectivity index (χ0v) is 11.8. The smallest absolute Gasteiger partial charge is 0.244 e. The third-order valence-corrected chi connectivity index (χ3v) is 4.46. The number of carbonyl (C=O) groups is 1. The van der Waals surface area contributed by atoms with Crippen molar-refractivity contribution in [3.05, 3.63) is 18.5 Å². The summed E-state index contributed by atoms with van der Waals surface area (Å²) in [5.74, 6) is 0.171. The van der Waals surface area contributed by atoms with E-state index in [2.05, 4.69) is 10.00 Å². The fraction of sp³-hybridized carbons (Fsp3) is 0.714. The molecule has 3 rings (SSSR count). The van der Waals surface area contributed by atoms with Crippen LogP contribution in [0.1, 0.15) is 19.3 Å². The summed E-state index contributed by atoms with van der Waals surface area (Å²) < 4.78 is 1.69. The van der Waals surface area contributed by atoms with E-state index in [4.69, 9.17) is 5.73 Å². The first kappa shape index (κ1) is 13.6. The molecule has 1 amide bonds. The standard InChI is InChI=1S/C14H23N5O/c15-12-2-7-17(8-3-12)13-4-9-18(10-13)14(20)11-19-6-1-5-16-19/h1,5-6,12-13H,2-4,7-11,15H2. The predicted molar refractivity (Wildman–Crippen MR) is 76.0 cm³/mol. The number of aromatic nitrogens is 2. The lowest BCUT2D eigenvalue weighted by Crippen LogP contribution is -2.46. The Balaban J connectivity index is 1.50. The van der Waals surface area contributed by atoms with Crippen LogP contribution < -0.4 is 5.73 Å². The van der Waals surface area contributed by atoms with E-state index in [9.17, 15) is 4.79 Å². The molecule has 3 heterocycles. The van der Waals surface area contributed by atoms with Crippen LogP contribution in [-0.2, 0) is 11.3 Å². The van der Waals surface area contributed by atoms with Crippen LogP contribution in [-0.4, -0.2) is 63.8 Å². The highest BCUT2D eigenvalue weighted by Gasteiger charge is 2.31. The summed E-state index contributed by atoms with van der Waals surface area (Å²) in [5.41, 5.74) is 5.95. The monoisotopic (exact) mass is 277 g/mol. The van der Waals surface area contributed by atoms with E-state index in [1.54, 1.807) is 10.9 Å². The van der Waals surface area contributed by atoms with Gasteiger partial charge in [0.1, 0.15) is 6.54 Å². The first-order valence-electron chi connectivity index (χ1n) is 7.47. The van der Waals surface area contributed by atoms with Crippen LogP contribution in [0.4, 0.5) is 0 Å². The maximum Gasteiger partial charge on any atom is 0.244 e. The molecule has 2 aliphatic heterocycles. The van der Waals surface area contributed by atoms with E-state index in [0.717, 1.165) is 45.4 Å². The molecule has 2 saturated heterocycles. The van der Waals surface area contributed by atoms with Gasteiger partial charge in [0.2, 0.25) is 5.91 Å². The molecule has 1 atom stereocenters. The highest BCUT2D eigenvalue weighted by atomic mass is 16.2. The molecule has 2 aliphatic rings. The number of amides is 1. The molecule has 110 valence electrons. The van der Waals surface area contributed by atoms with Gasteiger partial charge in [0.05, 0.1) is 0 Å². The number of piperidine rings is 1. The van der Waals surface area contributed by atoms with Gasteiger partial charge in [0, 0.05) is 37.6 Å². The van der Waals surface area contributed by atoms with Gasteiger partial charge in [-0.15, -0.1) is 0 Å². The van der Waals surface area contributed by atoms with Gasteiger partial charge < -0.3 is 10.6 Å². The van der Waals surface area contributed by atoms with Gasteiger partial charge in [-0.2, -0.15) is 5.10 Å². The fourth-order valence-corrected chi connectivity index (χ4v) is 3.18. The minimum absolute atomic E-state index is 0.171. The summed E-state index contributed by atoms with van der Waals surface area (Å²) >= 11 is 0. The summed E-state index contributed by atoms with van der Waals surface area (Å²) in [6, 6.07) is 2.73. The molecule has 1 aromatic heterocycles. The molecule has 1 unspecified atom stereocenters. The lowest BCUT2D eigenvalue weighted by atomic mass is 10.0. The summed E-state index contributed by atoms with van der Waals surface area (Å²) in [7, 11) is 0.